The van der Waals surface area contributed by atoms with Gasteiger partial charge in [0.1, 0.15) is 12.1 Å². The highest BCUT2D eigenvalue weighted by molar-refractivity contribution is 5.86. The normalized spacial score (nSPS) is 30.2. The monoisotopic (exact) mass is 353 g/mol. The Bertz CT molecular complexity index is 667. The molecule has 0 radical (unpaired) electrons. The largest absolute Gasteiger partial charge is 0.480 e. The summed E-state index contributed by atoms with van der Waals surface area (Å²) >= 11 is 0. The van der Waals surface area contributed by atoms with E-state index in [0.29, 0.717) is 12.8 Å². The number of carboxylic acid groups (broad SMARTS) is 1. The zero-order valence-electron chi connectivity index (χ0n) is 14.2. The number of halogens is 1. The van der Waals surface area contributed by atoms with Gasteiger partial charge in [0.15, 0.2) is 0 Å². The lowest BCUT2D eigenvalue weighted by Gasteiger charge is -2.21. The first-order valence-electron chi connectivity index (χ1n) is 8.01. The van der Waals surface area contributed by atoms with Crippen LogP contribution in [0.4, 0.5) is 0 Å². The molecule has 2 fully saturated rings. The number of carbonyl (C=O) groups excluding carboxylic acids is 1. The standard InChI is InChI=1S/C18H23NO4.ClH/c1-9-6-10(2)13(11(3)7-9)8-23-16(20)14-12-4-5-18(19,15(12)14)17(21)22;/h6-7,12,14-15H,4-5,8,19H2,1-3H3,(H,21,22);1H/t12-,14-,15-,18-;/m0./s1. The molecule has 4 atom stereocenters. The van der Waals surface area contributed by atoms with Crippen LogP contribution in [0.5, 0.6) is 0 Å². The first-order valence-corrected chi connectivity index (χ1v) is 8.01. The fraction of sp³-hybridized carbons (Fsp3) is 0.556. The summed E-state index contributed by atoms with van der Waals surface area (Å²) in [6, 6.07) is 4.13. The van der Waals surface area contributed by atoms with E-state index in [2.05, 4.69) is 12.1 Å². The number of carbonyl (C=O) groups is 2. The summed E-state index contributed by atoms with van der Waals surface area (Å²) in [5.74, 6) is -1.87. The number of fused-ring (bicyclic) bond motifs is 1. The number of benzene rings is 1. The maximum atomic E-state index is 12.3. The van der Waals surface area contributed by atoms with E-state index in [9.17, 15) is 14.7 Å². The first kappa shape index (κ1) is 18.7. The van der Waals surface area contributed by atoms with E-state index >= 15 is 0 Å². The summed E-state index contributed by atoms with van der Waals surface area (Å²) in [6.07, 6.45) is 1.13. The summed E-state index contributed by atoms with van der Waals surface area (Å²) in [5, 5.41) is 9.30. The van der Waals surface area contributed by atoms with Gasteiger partial charge in [-0.2, -0.15) is 0 Å². The van der Waals surface area contributed by atoms with Gasteiger partial charge in [0.2, 0.25) is 0 Å². The van der Waals surface area contributed by atoms with Crippen LogP contribution in [0.3, 0.4) is 0 Å². The number of aliphatic carboxylic acids is 1. The van der Waals surface area contributed by atoms with Crippen LogP contribution in [0.2, 0.25) is 0 Å². The second-order valence-electron chi connectivity index (χ2n) is 7.08. The molecule has 0 aliphatic heterocycles. The smallest absolute Gasteiger partial charge is 0.324 e. The van der Waals surface area contributed by atoms with Gasteiger partial charge in [0, 0.05) is 5.92 Å². The molecule has 3 rings (SSSR count). The number of ether oxygens (including phenoxy) is 1. The highest BCUT2D eigenvalue weighted by Gasteiger charge is 2.70. The molecule has 2 aliphatic carbocycles. The molecular weight excluding hydrogens is 330 g/mol. The second-order valence-corrected chi connectivity index (χ2v) is 7.08. The maximum absolute atomic E-state index is 12.3. The molecule has 0 saturated heterocycles. The van der Waals surface area contributed by atoms with Crippen LogP contribution in [0.25, 0.3) is 0 Å². The molecule has 0 heterocycles. The van der Waals surface area contributed by atoms with E-state index < -0.39 is 11.5 Å². The predicted molar refractivity (Wildman–Crippen MR) is 92.0 cm³/mol. The van der Waals surface area contributed by atoms with Gasteiger partial charge < -0.3 is 15.6 Å². The van der Waals surface area contributed by atoms with Gasteiger partial charge in [-0.15, -0.1) is 12.4 Å². The van der Waals surface area contributed by atoms with Crippen LogP contribution in [0, 0.1) is 38.5 Å². The van der Waals surface area contributed by atoms with Gasteiger partial charge in [0.05, 0.1) is 5.92 Å². The second kappa shape index (κ2) is 6.37. The highest BCUT2D eigenvalue weighted by atomic mass is 35.5. The molecule has 2 aliphatic rings. The molecule has 0 unspecified atom stereocenters. The summed E-state index contributed by atoms with van der Waals surface area (Å²) in [4.78, 5) is 23.7. The van der Waals surface area contributed by atoms with Crippen LogP contribution in [0.15, 0.2) is 12.1 Å². The van der Waals surface area contributed by atoms with Crippen LogP contribution >= 0.6 is 12.4 Å². The lowest BCUT2D eigenvalue weighted by atomic mass is 9.92. The SMILES string of the molecule is Cc1cc(C)c(COC(=O)[C@H]2[C@@H]3CC[C@@](N)(C(=O)O)[C@@H]32)c(C)c1.Cl. The third-order valence-electron chi connectivity index (χ3n) is 5.52. The quantitative estimate of drug-likeness (QED) is 0.812. The average molecular weight is 354 g/mol. The van der Waals surface area contributed by atoms with E-state index in [0.717, 1.165) is 16.7 Å². The van der Waals surface area contributed by atoms with Crippen LogP contribution in [-0.4, -0.2) is 22.6 Å². The van der Waals surface area contributed by atoms with Crippen LogP contribution < -0.4 is 5.73 Å². The van der Waals surface area contributed by atoms with Gasteiger partial charge in [-0.3, -0.25) is 9.59 Å². The van der Waals surface area contributed by atoms with Crippen molar-refractivity contribution in [2.24, 2.45) is 23.5 Å². The van der Waals surface area contributed by atoms with Crippen molar-refractivity contribution in [3.63, 3.8) is 0 Å². The van der Waals surface area contributed by atoms with Gasteiger partial charge in [-0.25, -0.2) is 0 Å². The summed E-state index contributed by atoms with van der Waals surface area (Å²) < 4.78 is 5.48. The lowest BCUT2D eigenvalue weighted by Crippen LogP contribution is -2.49. The average Bonchev–Trinajstić information content (AvgIpc) is 3.08. The topological polar surface area (TPSA) is 89.6 Å². The molecule has 5 nitrogen and oxygen atoms in total. The van der Waals surface area contributed by atoms with Gasteiger partial charge in [-0.1, -0.05) is 17.7 Å². The number of nitrogens with two attached hydrogens (primary N) is 1. The number of rotatable bonds is 4. The van der Waals surface area contributed by atoms with Crippen molar-refractivity contribution in [3.8, 4) is 0 Å². The van der Waals surface area contributed by atoms with Crippen molar-refractivity contribution in [2.75, 3.05) is 0 Å². The lowest BCUT2D eigenvalue weighted by molar-refractivity contribution is -0.149. The van der Waals surface area contributed by atoms with E-state index in [1.165, 1.54) is 5.56 Å². The van der Waals surface area contributed by atoms with Crippen molar-refractivity contribution in [1.29, 1.82) is 0 Å². The first-order chi connectivity index (χ1) is 10.8. The molecule has 24 heavy (non-hydrogen) atoms. The Hall–Kier alpha value is -1.59. The zero-order chi connectivity index (χ0) is 16.9. The van der Waals surface area contributed by atoms with Crippen molar-refractivity contribution >= 4 is 24.3 Å². The number of hydrogen-bond donors (Lipinski definition) is 2. The Morgan fingerprint density at radius 3 is 2.42 bits per heavy atom. The van der Waals surface area contributed by atoms with Crippen molar-refractivity contribution < 1.29 is 19.4 Å². The zero-order valence-corrected chi connectivity index (χ0v) is 15.0. The van der Waals surface area contributed by atoms with E-state index in [4.69, 9.17) is 10.5 Å². The molecule has 0 spiro atoms. The van der Waals surface area contributed by atoms with E-state index in [1.54, 1.807) is 0 Å². The molecule has 0 aromatic heterocycles. The van der Waals surface area contributed by atoms with Crippen molar-refractivity contribution in [1.82, 2.24) is 0 Å². The molecular formula is C18H24ClNO4. The number of carboxylic acids is 1. The fourth-order valence-corrected chi connectivity index (χ4v) is 4.26. The third-order valence-corrected chi connectivity index (χ3v) is 5.52. The van der Waals surface area contributed by atoms with E-state index in [1.807, 2.05) is 20.8 Å². The van der Waals surface area contributed by atoms with Gasteiger partial charge in [0.25, 0.3) is 0 Å². The number of aryl methyl sites for hydroxylation is 3. The van der Waals surface area contributed by atoms with E-state index in [-0.39, 0.29) is 42.7 Å². The molecule has 0 amide bonds. The molecule has 1 aromatic rings. The number of hydrogen-bond acceptors (Lipinski definition) is 4. The van der Waals surface area contributed by atoms with Gasteiger partial charge in [-0.05, 0) is 56.2 Å². The summed E-state index contributed by atoms with van der Waals surface area (Å²) in [7, 11) is 0. The predicted octanol–water partition coefficient (Wildman–Crippen LogP) is 2.51. The minimum atomic E-state index is -1.26. The molecule has 132 valence electrons. The molecule has 0 bridgehead atoms. The Balaban J connectivity index is 0.00000208. The Kier molecular flexibility index (Phi) is 4.98. The van der Waals surface area contributed by atoms with Crippen molar-refractivity contribution in [3.05, 3.63) is 34.4 Å². The molecule has 6 heteroatoms. The fourth-order valence-electron chi connectivity index (χ4n) is 4.26. The molecule has 3 N–H and O–H groups in total. The maximum Gasteiger partial charge on any atom is 0.324 e. The molecule has 1 aromatic carbocycles. The number of esters is 1. The third kappa shape index (κ3) is 2.91. The Morgan fingerprint density at radius 2 is 1.88 bits per heavy atom. The van der Waals surface area contributed by atoms with Gasteiger partial charge >= 0.3 is 11.9 Å². The van der Waals surface area contributed by atoms with Crippen LogP contribution in [0.1, 0.15) is 35.1 Å². The minimum absolute atomic E-state index is 0. The Labute approximate surface area is 148 Å². The highest BCUT2D eigenvalue weighted by Crippen LogP contribution is 2.61. The summed E-state index contributed by atoms with van der Waals surface area (Å²) in [6.45, 7) is 6.28. The molecule has 2 saturated carbocycles. The minimum Gasteiger partial charge on any atom is -0.480 e. The van der Waals surface area contributed by atoms with Crippen molar-refractivity contribution in [2.45, 2.75) is 45.8 Å². The van der Waals surface area contributed by atoms with Crippen LogP contribution in [-0.2, 0) is 20.9 Å². The summed E-state index contributed by atoms with van der Waals surface area (Å²) in [5.41, 5.74) is 9.13. The Morgan fingerprint density at radius 1 is 1.29 bits per heavy atom.